The number of hydrogen-bond acceptors (Lipinski definition) is 2. The van der Waals surface area contributed by atoms with Crippen LogP contribution in [0.4, 0.5) is 0 Å². The lowest BCUT2D eigenvalue weighted by Gasteiger charge is -2.28. The molecule has 1 fully saturated rings. The molecule has 2 unspecified atom stereocenters. The second kappa shape index (κ2) is 3.91. The van der Waals surface area contributed by atoms with Crippen molar-refractivity contribution in [1.29, 1.82) is 0 Å². The summed E-state index contributed by atoms with van der Waals surface area (Å²) in [6.45, 7) is 4.38. The summed E-state index contributed by atoms with van der Waals surface area (Å²) in [6, 6.07) is 7.88. The van der Waals surface area contributed by atoms with Gasteiger partial charge in [-0.05, 0) is 25.8 Å². The van der Waals surface area contributed by atoms with Crippen molar-refractivity contribution in [3.8, 4) is 0 Å². The van der Waals surface area contributed by atoms with Crippen molar-refractivity contribution in [3.05, 3.63) is 35.4 Å². The number of benzene rings is 1. The van der Waals surface area contributed by atoms with Crippen molar-refractivity contribution in [3.63, 3.8) is 0 Å². The highest BCUT2D eigenvalue weighted by Crippen LogP contribution is 2.41. The van der Waals surface area contributed by atoms with Crippen LogP contribution < -0.4 is 0 Å². The van der Waals surface area contributed by atoms with E-state index in [1.54, 1.807) is 0 Å². The van der Waals surface area contributed by atoms with Crippen LogP contribution in [0, 0.1) is 12.8 Å². The van der Waals surface area contributed by atoms with Gasteiger partial charge in [-0.15, -0.1) is 0 Å². The standard InChI is InChI=1S/C13H16O3/c1-9-4-3-5-10(8-9)13(2)11(12(14)15)6-7-16-13/h3-5,8,11H,6-7H2,1-2H3,(H,14,15). The molecule has 1 aromatic rings. The smallest absolute Gasteiger partial charge is 0.309 e. The summed E-state index contributed by atoms with van der Waals surface area (Å²) < 4.78 is 5.67. The maximum atomic E-state index is 11.2. The lowest BCUT2D eigenvalue weighted by Crippen LogP contribution is -2.33. The average Bonchev–Trinajstić information content (AvgIpc) is 2.62. The second-order valence-electron chi connectivity index (χ2n) is 4.50. The first kappa shape index (κ1) is 11.1. The molecule has 0 aliphatic carbocycles. The largest absolute Gasteiger partial charge is 0.481 e. The van der Waals surface area contributed by atoms with E-state index >= 15 is 0 Å². The molecular formula is C13H16O3. The number of ether oxygens (including phenoxy) is 1. The van der Waals surface area contributed by atoms with Gasteiger partial charge in [-0.3, -0.25) is 4.79 Å². The van der Waals surface area contributed by atoms with E-state index in [0.29, 0.717) is 13.0 Å². The number of carboxylic acid groups (broad SMARTS) is 1. The first-order chi connectivity index (χ1) is 7.54. The maximum absolute atomic E-state index is 11.2. The first-order valence-electron chi connectivity index (χ1n) is 5.48. The monoisotopic (exact) mass is 220 g/mol. The number of hydrogen-bond donors (Lipinski definition) is 1. The minimum Gasteiger partial charge on any atom is -0.481 e. The van der Waals surface area contributed by atoms with Gasteiger partial charge in [0, 0.05) is 6.61 Å². The minimum atomic E-state index is -0.776. The van der Waals surface area contributed by atoms with E-state index in [1.807, 2.05) is 38.1 Å². The van der Waals surface area contributed by atoms with Gasteiger partial charge in [0.05, 0.1) is 5.92 Å². The van der Waals surface area contributed by atoms with Gasteiger partial charge < -0.3 is 9.84 Å². The molecule has 0 amide bonds. The minimum absolute atomic E-state index is 0.450. The van der Waals surface area contributed by atoms with Crippen LogP contribution in [0.3, 0.4) is 0 Å². The Morgan fingerprint density at radius 1 is 1.56 bits per heavy atom. The van der Waals surface area contributed by atoms with E-state index < -0.39 is 17.5 Å². The number of aliphatic carboxylic acids is 1. The Morgan fingerprint density at radius 2 is 2.31 bits per heavy atom. The number of carbonyl (C=O) groups is 1. The van der Waals surface area contributed by atoms with Crippen molar-refractivity contribution < 1.29 is 14.6 Å². The molecule has 0 spiro atoms. The maximum Gasteiger partial charge on any atom is 0.309 e. The third-order valence-corrected chi connectivity index (χ3v) is 3.36. The van der Waals surface area contributed by atoms with Gasteiger partial charge in [-0.1, -0.05) is 29.8 Å². The highest BCUT2D eigenvalue weighted by atomic mass is 16.5. The molecule has 0 aromatic heterocycles. The van der Waals surface area contributed by atoms with Gasteiger partial charge in [-0.2, -0.15) is 0 Å². The zero-order chi connectivity index (χ0) is 11.8. The molecule has 1 N–H and O–H groups in total. The van der Waals surface area contributed by atoms with Crippen LogP contribution in [0.15, 0.2) is 24.3 Å². The van der Waals surface area contributed by atoms with Crippen molar-refractivity contribution in [2.24, 2.45) is 5.92 Å². The van der Waals surface area contributed by atoms with E-state index in [9.17, 15) is 9.90 Å². The van der Waals surface area contributed by atoms with Gasteiger partial charge in [0.15, 0.2) is 0 Å². The first-order valence-corrected chi connectivity index (χ1v) is 5.48. The third kappa shape index (κ3) is 1.71. The van der Waals surface area contributed by atoms with Crippen LogP contribution >= 0.6 is 0 Å². The van der Waals surface area contributed by atoms with Crippen molar-refractivity contribution in [2.45, 2.75) is 25.9 Å². The number of rotatable bonds is 2. The van der Waals surface area contributed by atoms with Crippen LogP contribution in [0.1, 0.15) is 24.5 Å². The molecule has 1 saturated heterocycles. The summed E-state index contributed by atoms with van der Waals surface area (Å²) in [4.78, 5) is 11.2. The molecule has 16 heavy (non-hydrogen) atoms. The second-order valence-corrected chi connectivity index (χ2v) is 4.50. The fourth-order valence-electron chi connectivity index (χ4n) is 2.36. The van der Waals surface area contributed by atoms with E-state index in [-0.39, 0.29) is 0 Å². The Kier molecular flexibility index (Phi) is 2.72. The Bertz CT molecular complexity index is 413. The molecule has 1 aromatic carbocycles. The van der Waals surface area contributed by atoms with Crippen LogP contribution in [0.25, 0.3) is 0 Å². The van der Waals surface area contributed by atoms with Crippen LogP contribution in [-0.2, 0) is 15.1 Å². The molecular weight excluding hydrogens is 204 g/mol. The summed E-state index contributed by atoms with van der Waals surface area (Å²) in [7, 11) is 0. The van der Waals surface area contributed by atoms with Gasteiger partial charge in [0.2, 0.25) is 0 Å². The molecule has 1 heterocycles. The highest BCUT2D eigenvalue weighted by molar-refractivity contribution is 5.72. The van der Waals surface area contributed by atoms with Crippen LogP contribution in [-0.4, -0.2) is 17.7 Å². The Hall–Kier alpha value is -1.35. The summed E-state index contributed by atoms with van der Waals surface area (Å²) in [5.74, 6) is -1.23. The zero-order valence-corrected chi connectivity index (χ0v) is 9.56. The Morgan fingerprint density at radius 3 is 2.94 bits per heavy atom. The van der Waals surface area contributed by atoms with Crippen molar-refractivity contribution in [2.75, 3.05) is 6.61 Å². The average molecular weight is 220 g/mol. The molecule has 1 aliphatic heterocycles. The third-order valence-electron chi connectivity index (χ3n) is 3.36. The summed E-state index contributed by atoms with van der Waals surface area (Å²) in [5.41, 5.74) is 1.40. The predicted molar refractivity (Wildman–Crippen MR) is 60.2 cm³/mol. The Labute approximate surface area is 95.0 Å². The van der Waals surface area contributed by atoms with E-state index in [1.165, 1.54) is 0 Å². The molecule has 0 bridgehead atoms. The highest BCUT2D eigenvalue weighted by Gasteiger charge is 2.45. The zero-order valence-electron chi connectivity index (χ0n) is 9.56. The molecule has 1 aliphatic rings. The quantitative estimate of drug-likeness (QED) is 0.832. The lowest BCUT2D eigenvalue weighted by molar-refractivity contribution is -0.148. The van der Waals surface area contributed by atoms with Crippen LogP contribution in [0.5, 0.6) is 0 Å². The predicted octanol–water partition coefficient (Wildman–Crippen LogP) is 2.33. The molecule has 2 atom stereocenters. The van der Waals surface area contributed by atoms with E-state index in [2.05, 4.69) is 0 Å². The van der Waals surface area contributed by atoms with Crippen LogP contribution in [0.2, 0.25) is 0 Å². The van der Waals surface area contributed by atoms with Gasteiger partial charge in [0.25, 0.3) is 0 Å². The van der Waals surface area contributed by atoms with Gasteiger partial charge in [0.1, 0.15) is 5.60 Å². The topological polar surface area (TPSA) is 46.5 Å². The number of aryl methyl sites for hydroxylation is 1. The number of carboxylic acids is 1. The van der Waals surface area contributed by atoms with Crippen molar-refractivity contribution in [1.82, 2.24) is 0 Å². The molecule has 3 heteroatoms. The van der Waals surface area contributed by atoms with Gasteiger partial charge in [-0.25, -0.2) is 0 Å². The lowest BCUT2D eigenvalue weighted by atomic mass is 9.82. The molecule has 0 radical (unpaired) electrons. The summed E-state index contributed by atoms with van der Waals surface area (Å²) >= 11 is 0. The fourth-order valence-corrected chi connectivity index (χ4v) is 2.36. The fraction of sp³-hybridized carbons (Fsp3) is 0.462. The normalized spacial score (nSPS) is 29.2. The molecule has 86 valence electrons. The molecule has 0 saturated carbocycles. The van der Waals surface area contributed by atoms with Crippen molar-refractivity contribution >= 4 is 5.97 Å². The summed E-state index contributed by atoms with van der Waals surface area (Å²) in [5, 5.41) is 9.20. The Balaban J connectivity index is 2.41. The summed E-state index contributed by atoms with van der Waals surface area (Å²) in [6.07, 6.45) is 0.583. The van der Waals surface area contributed by atoms with E-state index in [0.717, 1.165) is 11.1 Å². The van der Waals surface area contributed by atoms with Gasteiger partial charge >= 0.3 is 5.97 Å². The SMILES string of the molecule is Cc1cccc(C2(C)OCCC2C(=O)O)c1. The molecule has 2 rings (SSSR count). The molecule has 3 nitrogen and oxygen atoms in total. The van der Waals surface area contributed by atoms with E-state index in [4.69, 9.17) is 4.74 Å².